The van der Waals surface area contributed by atoms with Gasteiger partial charge in [0.25, 0.3) is 0 Å². The van der Waals surface area contributed by atoms with Crippen molar-refractivity contribution in [3.63, 3.8) is 0 Å². The normalized spacial score (nSPS) is 16.2. The van der Waals surface area contributed by atoms with Gasteiger partial charge in [-0.25, -0.2) is 16.8 Å². The minimum Gasteiger partial charge on any atom is -0.497 e. The molecular formula is C21H28N2O6S2. The molecule has 2 aromatic rings. The van der Waals surface area contributed by atoms with Crippen molar-refractivity contribution in [1.29, 1.82) is 0 Å². The average Bonchev–Trinajstić information content (AvgIpc) is 2.79. The van der Waals surface area contributed by atoms with Gasteiger partial charge in [-0.15, -0.1) is 0 Å². The SMILES string of the molecule is CCCc1ccc(S(=O)(=O)N2CCN(S(=O)(=O)c3cc(OC)ccc3OC)CC2)cc1. The van der Waals surface area contributed by atoms with Gasteiger partial charge in [0.05, 0.1) is 19.1 Å². The van der Waals surface area contributed by atoms with Crippen molar-refractivity contribution >= 4 is 20.0 Å². The van der Waals surface area contributed by atoms with Crippen molar-refractivity contribution in [2.45, 2.75) is 29.6 Å². The lowest BCUT2D eigenvalue weighted by Crippen LogP contribution is -2.50. The third-order valence-electron chi connectivity index (χ3n) is 5.29. The Labute approximate surface area is 184 Å². The van der Waals surface area contributed by atoms with Crippen molar-refractivity contribution in [2.75, 3.05) is 40.4 Å². The largest absolute Gasteiger partial charge is 0.497 e. The van der Waals surface area contributed by atoms with E-state index in [9.17, 15) is 16.8 Å². The van der Waals surface area contributed by atoms with E-state index in [-0.39, 0.29) is 41.7 Å². The van der Waals surface area contributed by atoms with Crippen LogP contribution in [0.2, 0.25) is 0 Å². The molecule has 1 saturated heterocycles. The van der Waals surface area contributed by atoms with Crippen LogP contribution in [0.3, 0.4) is 0 Å². The number of nitrogens with zero attached hydrogens (tertiary/aromatic N) is 2. The fourth-order valence-corrected chi connectivity index (χ4v) is 6.56. The van der Waals surface area contributed by atoms with Crippen LogP contribution in [-0.2, 0) is 26.5 Å². The molecule has 1 fully saturated rings. The number of piperazine rings is 1. The van der Waals surface area contributed by atoms with Crippen LogP contribution in [0, 0.1) is 0 Å². The zero-order valence-electron chi connectivity index (χ0n) is 17.9. The van der Waals surface area contributed by atoms with Crippen LogP contribution in [0.25, 0.3) is 0 Å². The highest BCUT2D eigenvalue weighted by molar-refractivity contribution is 7.89. The van der Waals surface area contributed by atoms with E-state index in [1.807, 2.05) is 12.1 Å². The van der Waals surface area contributed by atoms with E-state index in [1.54, 1.807) is 18.2 Å². The molecule has 0 atom stereocenters. The van der Waals surface area contributed by atoms with E-state index in [0.717, 1.165) is 18.4 Å². The predicted octanol–water partition coefficient (Wildman–Crippen LogP) is 2.35. The lowest BCUT2D eigenvalue weighted by atomic mass is 10.1. The fraction of sp³-hybridized carbons (Fsp3) is 0.429. The molecule has 8 nitrogen and oxygen atoms in total. The van der Waals surface area contributed by atoms with Gasteiger partial charge in [-0.3, -0.25) is 0 Å². The number of benzene rings is 2. The Morgan fingerprint density at radius 2 is 1.39 bits per heavy atom. The Bertz CT molecular complexity index is 1110. The van der Waals surface area contributed by atoms with E-state index < -0.39 is 20.0 Å². The zero-order valence-corrected chi connectivity index (χ0v) is 19.6. The molecule has 0 radical (unpaired) electrons. The summed E-state index contributed by atoms with van der Waals surface area (Å²) in [6.07, 6.45) is 1.88. The molecule has 1 heterocycles. The summed E-state index contributed by atoms with van der Waals surface area (Å²) < 4.78 is 65.3. The van der Waals surface area contributed by atoms with Crippen molar-refractivity contribution in [3.8, 4) is 11.5 Å². The molecule has 1 aliphatic rings. The highest BCUT2D eigenvalue weighted by Gasteiger charge is 2.35. The quantitative estimate of drug-likeness (QED) is 0.590. The summed E-state index contributed by atoms with van der Waals surface area (Å²) in [4.78, 5) is 0.218. The summed E-state index contributed by atoms with van der Waals surface area (Å²) in [7, 11) is -4.70. The van der Waals surface area contributed by atoms with Crippen molar-refractivity contribution in [3.05, 3.63) is 48.0 Å². The van der Waals surface area contributed by atoms with Crippen LogP contribution >= 0.6 is 0 Å². The van der Waals surface area contributed by atoms with Gasteiger partial charge in [0, 0.05) is 32.2 Å². The summed E-state index contributed by atoms with van der Waals surface area (Å²) in [6, 6.07) is 11.4. The van der Waals surface area contributed by atoms with E-state index in [4.69, 9.17) is 9.47 Å². The summed E-state index contributed by atoms with van der Waals surface area (Å²) in [6.45, 7) is 2.32. The average molecular weight is 469 g/mol. The number of sulfonamides is 2. The molecule has 170 valence electrons. The number of methoxy groups -OCH3 is 2. The van der Waals surface area contributed by atoms with Gasteiger partial charge in [0.2, 0.25) is 20.0 Å². The number of aryl methyl sites for hydroxylation is 1. The first-order valence-electron chi connectivity index (χ1n) is 10.0. The van der Waals surface area contributed by atoms with Crippen molar-refractivity contribution in [2.24, 2.45) is 0 Å². The molecule has 0 bridgehead atoms. The lowest BCUT2D eigenvalue weighted by Gasteiger charge is -2.33. The Hall–Kier alpha value is -2.14. The van der Waals surface area contributed by atoms with Crippen LogP contribution in [0.5, 0.6) is 11.5 Å². The fourth-order valence-electron chi connectivity index (χ4n) is 3.54. The van der Waals surface area contributed by atoms with E-state index >= 15 is 0 Å². The van der Waals surface area contributed by atoms with Crippen molar-refractivity contribution in [1.82, 2.24) is 8.61 Å². The number of hydrogen-bond donors (Lipinski definition) is 0. The number of hydrogen-bond acceptors (Lipinski definition) is 6. The molecule has 31 heavy (non-hydrogen) atoms. The second kappa shape index (κ2) is 9.56. The summed E-state index contributed by atoms with van der Waals surface area (Å²) in [5.74, 6) is 0.607. The van der Waals surface area contributed by atoms with Gasteiger partial charge < -0.3 is 9.47 Å². The first kappa shape index (κ1) is 23.5. The molecule has 0 N–H and O–H groups in total. The molecule has 0 aromatic heterocycles. The van der Waals surface area contributed by atoms with Gasteiger partial charge in [-0.05, 0) is 36.2 Å². The molecule has 0 aliphatic carbocycles. The topological polar surface area (TPSA) is 93.2 Å². The minimum absolute atomic E-state index is 0.00262. The maximum atomic E-state index is 13.2. The Morgan fingerprint density at radius 1 is 0.806 bits per heavy atom. The monoisotopic (exact) mass is 468 g/mol. The Morgan fingerprint density at radius 3 is 1.90 bits per heavy atom. The van der Waals surface area contributed by atoms with Gasteiger partial charge in [0.1, 0.15) is 16.4 Å². The Balaban J connectivity index is 1.77. The lowest BCUT2D eigenvalue weighted by molar-refractivity contribution is 0.272. The molecule has 0 amide bonds. The van der Waals surface area contributed by atoms with Gasteiger partial charge in [-0.2, -0.15) is 8.61 Å². The number of ether oxygens (including phenoxy) is 2. The summed E-state index contributed by atoms with van der Waals surface area (Å²) >= 11 is 0. The summed E-state index contributed by atoms with van der Waals surface area (Å²) in [5.41, 5.74) is 1.09. The van der Waals surface area contributed by atoms with Gasteiger partial charge in [0.15, 0.2) is 0 Å². The third kappa shape index (κ3) is 4.87. The van der Waals surface area contributed by atoms with Crippen LogP contribution in [0.15, 0.2) is 52.3 Å². The van der Waals surface area contributed by atoms with E-state index in [0.29, 0.717) is 5.75 Å². The highest BCUT2D eigenvalue weighted by atomic mass is 32.2. The first-order valence-corrected chi connectivity index (χ1v) is 12.9. The third-order valence-corrected chi connectivity index (χ3v) is 9.12. The minimum atomic E-state index is -3.88. The smallest absolute Gasteiger partial charge is 0.246 e. The molecule has 10 heteroatoms. The van der Waals surface area contributed by atoms with Crippen LogP contribution in [-0.4, -0.2) is 65.8 Å². The molecular weight excluding hydrogens is 440 g/mol. The molecule has 0 spiro atoms. The maximum Gasteiger partial charge on any atom is 0.246 e. The second-order valence-corrected chi connectivity index (χ2v) is 11.1. The second-order valence-electron chi connectivity index (χ2n) is 7.22. The van der Waals surface area contributed by atoms with E-state index in [2.05, 4.69) is 6.92 Å². The summed E-state index contributed by atoms with van der Waals surface area (Å²) in [5, 5.41) is 0. The zero-order chi connectivity index (χ0) is 22.6. The van der Waals surface area contributed by atoms with Crippen molar-refractivity contribution < 1.29 is 26.3 Å². The van der Waals surface area contributed by atoms with Crippen LogP contribution in [0.1, 0.15) is 18.9 Å². The number of rotatable bonds is 8. The standard InChI is InChI=1S/C21H28N2O6S2/c1-4-5-17-6-9-19(10-7-17)30(24,25)22-12-14-23(15-13-22)31(26,27)21-16-18(28-2)8-11-20(21)29-3/h6-11,16H,4-5,12-15H2,1-3H3. The molecule has 2 aromatic carbocycles. The van der Waals surface area contributed by atoms with E-state index in [1.165, 1.54) is 35.0 Å². The molecule has 0 unspecified atom stereocenters. The molecule has 0 saturated carbocycles. The first-order chi connectivity index (χ1) is 14.7. The highest BCUT2D eigenvalue weighted by Crippen LogP contribution is 2.31. The van der Waals surface area contributed by atoms with Crippen LogP contribution in [0.4, 0.5) is 0 Å². The van der Waals surface area contributed by atoms with Gasteiger partial charge >= 0.3 is 0 Å². The van der Waals surface area contributed by atoms with Gasteiger partial charge in [-0.1, -0.05) is 25.5 Å². The predicted molar refractivity (Wildman–Crippen MR) is 118 cm³/mol. The van der Waals surface area contributed by atoms with Crippen LogP contribution < -0.4 is 9.47 Å². The maximum absolute atomic E-state index is 13.2. The molecule has 1 aliphatic heterocycles. The Kier molecular flexibility index (Phi) is 7.25. The molecule has 3 rings (SSSR count).